The van der Waals surface area contributed by atoms with E-state index in [0.29, 0.717) is 12.3 Å². The lowest BCUT2D eigenvalue weighted by Crippen LogP contribution is -2.32. The largest absolute Gasteiger partial charge is 0.417 e. The number of hydrogen-bond donors (Lipinski definition) is 1. The second kappa shape index (κ2) is 10.3. The number of nitrogens with one attached hydrogen (secondary N) is 1. The molecule has 2 heterocycles. The Bertz CT molecular complexity index is 879. The van der Waals surface area contributed by atoms with E-state index in [9.17, 15) is 23.3 Å². The summed E-state index contributed by atoms with van der Waals surface area (Å²) in [5.41, 5.74) is -1.55. The van der Waals surface area contributed by atoms with E-state index in [1.807, 2.05) is 0 Å². The number of nitrogens with zero attached hydrogens (tertiary/aromatic N) is 5. The maximum absolute atomic E-state index is 12.8. The number of ether oxygens (including phenoxy) is 2. The molecule has 10 nitrogen and oxygen atoms in total. The van der Waals surface area contributed by atoms with Gasteiger partial charge in [-0.15, -0.1) is 0 Å². The first-order chi connectivity index (χ1) is 14.2. The normalized spacial score (nSPS) is 11.4. The lowest BCUT2D eigenvalue weighted by atomic mass is 10.2. The van der Waals surface area contributed by atoms with Crippen molar-refractivity contribution in [2.75, 3.05) is 50.7 Å². The van der Waals surface area contributed by atoms with Gasteiger partial charge in [-0.05, 0) is 6.07 Å². The SMILES string of the molecule is COCCN(CCOC)c1ncnc(Nc2ncc(C(F)(F)F)cc2Cl)c1[N+](=O)[O-]. The molecule has 0 fully saturated rings. The van der Waals surface area contributed by atoms with Gasteiger partial charge in [0, 0.05) is 33.5 Å². The highest BCUT2D eigenvalue weighted by molar-refractivity contribution is 6.33. The molecule has 0 spiro atoms. The minimum Gasteiger partial charge on any atom is -0.383 e. The summed E-state index contributed by atoms with van der Waals surface area (Å²) in [7, 11) is 2.96. The molecule has 2 rings (SSSR count). The summed E-state index contributed by atoms with van der Waals surface area (Å²) in [5.74, 6) is -0.522. The van der Waals surface area contributed by atoms with Crippen molar-refractivity contribution in [2.24, 2.45) is 0 Å². The molecule has 0 aliphatic rings. The summed E-state index contributed by atoms with van der Waals surface area (Å²) < 4.78 is 48.4. The van der Waals surface area contributed by atoms with Crippen molar-refractivity contribution >= 4 is 34.7 Å². The maximum Gasteiger partial charge on any atom is 0.417 e. The molecule has 2 aromatic rings. The predicted molar refractivity (Wildman–Crippen MR) is 102 cm³/mol. The van der Waals surface area contributed by atoms with Crippen molar-refractivity contribution in [3.05, 3.63) is 39.3 Å². The van der Waals surface area contributed by atoms with Gasteiger partial charge in [-0.25, -0.2) is 15.0 Å². The quantitative estimate of drug-likeness (QED) is 0.430. The fraction of sp³-hybridized carbons (Fsp3) is 0.438. The van der Waals surface area contributed by atoms with Gasteiger partial charge in [0.25, 0.3) is 0 Å². The lowest BCUT2D eigenvalue weighted by molar-refractivity contribution is -0.383. The molecule has 0 bridgehead atoms. The zero-order chi connectivity index (χ0) is 22.3. The Morgan fingerprint density at radius 1 is 1.17 bits per heavy atom. The monoisotopic (exact) mass is 450 g/mol. The average Bonchev–Trinajstić information content (AvgIpc) is 2.68. The van der Waals surface area contributed by atoms with E-state index in [2.05, 4.69) is 20.3 Å². The van der Waals surface area contributed by atoms with Gasteiger partial charge in [0.1, 0.15) is 6.33 Å². The molecule has 0 unspecified atom stereocenters. The highest BCUT2D eigenvalue weighted by Crippen LogP contribution is 2.36. The Kier molecular flexibility index (Phi) is 8.08. The summed E-state index contributed by atoms with van der Waals surface area (Å²) in [4.78, 5) is 24.1. The Balaban J connectivity index is 2.44. The molecule has 164 valence electrons. The molecule has 0 saturated carbocycles. The van der Waals surface area contributed by atoms with Crippen molar-refractivity contribution in [3.63, 3.8) is 0 Å². The van der Waals surface area contributed by atoms with Crippen LogP contribution in [0.25, 0.3) is 0 Å². The van der Waals surface area contributed by atoms with Crippen LogP contribution in [0.15, 0.2) is 18.6 Å². The lowest BCUT2D eigenvalue weighted by Gasteiger charge is -2.23. The van der Waals surface area contributed by atoms with Crippen LogP contribution in [0.3, 0.4) is 0 Å². The number of anilines is 3. The van der Waals surface area contributed by atoms with Gasteiger partial charge >= 0.3 is 11.9 Å². The Morgan fingerprint density at radius 3 is 2.30 bits per heavy atom. The minimum atomic E-state index is -4.63. The number of methoxy groups -OCH3 is 2. The first-order valence-corrected chi connectivity index (χ1v) is 8.78. The van der Waals surface area contributed by atoms with Crippen LogP contribution < -0.4 is 10.2 Å². The molecule has 0 saturated heterocycles. The second-order valence-corrected chi connectivity index (χ2v) is 6.21. The summed E-state index contributed by atoms with van der Waals surface area (Å²) >= 11 is 5.87. The molecule has 0 atom stereocenters. The van der Waals surface area contributed by atoms with Crippen molar-refractivity contribution in [3.8, 4) is 0 Å². The third-order valence-electron chi connectivity index (χ3n) is 3.82. The highest BCUT2D eigenvalue weighted by atomic mass is 35.5. The van der Waals surface area contributed by atoms with Gasteiger partial charge in [0.05, 0.1) is 28.7 Å². The summed E-state index contributed by atoms with van der Waals surface area (Å²) in [6.07, 6.45) is -2.99. The van der Waals surface area contributed by atoms with E-state index < -0.39 is 22.4 Å². The van der Waals surface area contributed by atoms with E-state index in [1.54, 1.807) is 4.90 Å². The van der Waals surface area contributed by atoms with Crippen LogP contribution in [-0.4, -0.2) is 60.4 Å². The van der Waals surface area contributed by atoms with Gasteiger partial charge < -0.3 is 19.7 Å². The van der Waals surface area contributed by atoms with Gasteiger partial charge in [0.15, 0.2) is 5.82 Å². The third kappa shape index (κ3) is 5.87. The van der Waals surface area contributed by atoms with E-state index >= 15 is 0 Å². The fourth-order valence-electron chi connectivity index (χ4n) is 2.38. The molecule has 14 heteroatoms. The van der Waals surface area contributed by atoms with Crippen LogP contribution in [0, 0.1) is 10.1 Å². The molecule has 0 radical (unpaired) electrons. The molecule has 0 amide bonds. The maximum atomic E-state index is 12.8. The number of hydrogen-bond acceptors (Lipinski definition) is 9. The van der Waals surface area contributed by atoms with Crippen LogP contribution in [0.2, 0.25) is 5.02 Å². The minimum absolute atomic E-state index is 0.0189. The molecule has 2 aromatic heterocycles. The molecular formula is C16H18ClF3N6O4. The predicted octanol–water partition coefficient (Wildman–Crippen LogP) is 3.29. The van der Waals surface area contributed by atoms with Crippen LogP contribution in [0.1, 0.15) is 5.56 Å². The molecular weight excluding hydrogens is 433 g/mol. The first kappa shape index (κ1) is 23.5. The van der Waals surface area contributed by atoms with E-state index in [0.717, 1.165) is 6.33 Å². The van der Waals surface area contributed by atoms with Gasteiger partial charge in [-0.3, -0.25) is 10.1 Å². The van der Waals surface area contributed by atoms with Crippen molar-refractivity contribution in [1.82, 2.24) is 15.0 Å². The summed E-state index contributed by atoms with van der Waals surface area (Å²) in [6, 6.07) is 0.661. The number of pyridine rings is 1. The number of rotatable bonds is 10. The Labute approximate surface area is 174 Å². The number of halogens is 4. The van der Waals surface area contributed by atoms with E-state index in [1.165, 1.54) is 14.2 Å². The van der Waals surface area contributed by atoms with Crippen LogP contribution in [0.5, 0.6) is 0 Å². The highest BCUT2D eigenvalue weighted by Gasteiger charge is 2.32. The van der Waals surface area contributed by atoms with Gasteiger partial charge in [0.2, 0.25) is 11.6 Å². The number of nitro groups is 1. The number of alkyl halides is 3. The molecule has 0 aromatic carbocycles. The van der Waals surface area contributed by atoms with Crippen LogP contribution in [-0.2, 0) is 15.7 Å². The molecule has 0 aliphatic carbocycles. The smallest absolute Gasteiger partial charge is 0.383 e. The van der Waals surface area contributed by atoms with Gasteiger partial charge in [-0.2, -0.15) is 13.2 Å². The average molecular weight is 451 g/mol. The Hall–Kier alpha value is -2.77. The van der Waals surface area contributed by atoms with Crippen molar-refractivity contribution in [2.45, 2.75) is 6.18 Å². The third-order valence-corrected chi connectivity index (χ3v) is 4.11. The van der Waals surface area contributed by atoms with Crippen LogP contribution in [0.4, 0.5) is 36.3 Å². The Morgan fingerprint density at radius 2 is 1.80 bits per heavy atom. The first-order valence-electron chi connectivity index (χ1n) is 8.41. The fourth-order valence-corrected chi connectivity index (χ4v) is 2.60. The molecule has 1 N–H and O–H groups in total. The number of aromatic nitrogens is 3. The van der Waals surface area contributed by atoms with E-state index in [-0.39, 0.29) is 48.8 Å². The summed E-state index contributed by atoms with van der Waals surface area (Å²) in [6.45, 7) is 1.08. The second-order valence-electron chi connectivity index (χ2n) is 5.80. The summed E-state index contributed by atoms with van der Waals surface area (Å²) in [5, 5.41) is 13.9. The van der Waals surface area contributed by atoms with Crippen molar-refractivity contribution in [1.29, 1.82) is 0 Å². The molecule has 30 heavy (non-hydrogen) atoms. The van der Waals surface area contributed by atoms with Gasteiger partial charge in [-0.1, -0.05) is 11.6 Å². The van der Waals surface area contributed by atoms with Crippen molar-refractivity contribution < 1.29 is 27.6 Å². The van der Waals surface area contributed by atoms with E-state index in [4.69, 9.17) is 21.1 Å². The topological polar surface area (TPSA) is 116 Å². The zero-order valence-electron chi connectivity index (χ0n) is 15.9. The van der Waals surface area contributed by atoms with Crippen LogP contribution >= 0.6 is 11.6 Å². The standard InChI is InChI=1S/C16H18ClF3N6O4/c1-29-5-3-25(4-6-30-2)15-12(26(27)28)14(22-9-23-15)24-13-11(17)7-10(8-21-13)16(18,19)20/h7-9H,3-6H2,1-2H3,(H,21,22,23,24). The molecule has 0 aliphatic heterocycles. The zero-order valence-corrected chi connectivity index (χ0v) is 16.7.